The summed E-state index contributed by atoms with van der Waals surface area (Å²) in [5.74, 6) is -0.156. The van der Waals surface area contributed by atoms with E-state index in [2.05, 4.69) is 0 Å². The lowest BCUT2D eigenvalue weighted by molar-refractivity contribution is -0.386. The maximum atomic E-state index is 12.4. The molecular formula is C12H16N2O5S. The van der Waals surface area contributed by atoms with E-state index < -0.39 is 26.4 Å². The van der Waals surface area contributed by atoms with Gasteiger partial charge in [-0.25, -0.2) is 8.42 Å². The molecule has 0 heterocycles. The molecule has 110 valence electrons. The van der Waals surface area contributed by atoms with Crippen molar-refractivity contribution in [1.29, 1.82) is 0 Å². The molecule has 0 aliphatic heterocycles. The Hall–Kier alpha value is -1.67. The molecule has 20 heavy (non-hydrogen) atoms. The summed E-state index contributed by atoms with van der Waals surface area (Å²) in [5.41, 5.74) is -0.603. The second-order valence-corrected chi connectivity index (χ2v) is 6.74. The zero-order valence-electron chi connectivity index (χ0n) is 11.0. The first-order valence-corrected chi connectivity index (χ1v) is 7.77. The molecule has 0 bridgehead atoms. The van der Waals surface area contributed by atoms with Gasteiger partial charge in [-0.1, -0.05) is 6.92 Å². The third kappa shape index (κ3) is 2.91. The number of hydrogen-bond acceptors (Lipinski definition) is 5. The maximum absolute atomic E-state index is 12.4. The highest BCUT2D eigenvalue weighted by Gasteiger charge is 2.31. The van der Waals surface area contributed by atoms with Crippen molar-refractivity contribution in [1.82, 2.24) is 4.31 Å². The number of nitro benzene ring substituents is 1. The van der Waals surface area contributed by atoms with Crippen LogP contribution in [0.5, 0.6) is 5.75 Å². The van der Waals surface area contributed by atoms with Crippen molar-refractivity contribution in [3.05, 3.63) is 28.3 Å². The third-order valence-electron chi connectivity index (χ3n) is 3.29. The molecule has 0 aromatic heterocycles. The minimum Gasteiger partial charge on any atom is -0.502 e. The molecular weight excluding hydrogens is 284 g/mol. The molecule has 0 amide bonds. The lowest BCUT2D eigenvalue weighted by Crippen LogP contribution is -2.32. The molecule has 1 aliphatic rings. The van der Waals surface area contributed by atoms with Crippen molar-refractivity contribution < 1.29 is 18.4 Å². The van der Waals surface area contributed by atoms with Gasteiger partial charge in [-0.2, -0.15) is 4.31 Å². The summed E-state index contributed by atoms with van der Waals surface area (Å²) in [6, 6.07) is 3.13. The number of aromatic hydroxyl groups is 1. The monoisotopic (exact) mass is 300 g/mol. The Morgan fingerprint density at radius 3 is 2.60 bits per heavy atom. The van der Waals surface area contributed by atoms with Gasteiger partial charge in [0.2, 0.25) is 10.0 Å². The van der Waals surface area contributed by atoms with Gasteiger partial charge in [0.15, 0.2) is 5.75 Å². The number of nitrogens with zero attached hydrogens (tertiary/aromatic N) is 2. The van der Waals surface area contributed by atoms with Crippen LogP contribution < -0.4 is 0 Å². The number of nitro groups is 1. The Balaban J connectivity index is 2.37. The van der Waals surface area contributed by atoms with Gasteiger partial charge in [-0.3, -0.25) is 10.1 Å². The van der Waals surface area contributed by atoms with Gasteiger partial charge in [0, 0.05) is 19.2 Å². The minimum absolute atomic E-state index is 0.162. The van der Waals surface area contributed by atoms with Crippen LogP contribution in [-0.4, -0.2) is 35.8 Å². The standard InChI is InChI=1S/C12H16N2O5S/c1-2-13(8-9-3-4-9)20(18,19)10-5-6-12(15)11(7-10)14(16)17/h5-7,9,15H,2-4,8H2,1H3. The number of phenols is 1. The summed E-state index contributed by atoms with van der Waals surface area (Å²) in [6.45, 7) is 2.48. The predicted molar refractivity (Wildman–Crippen MR) is 71.9 cm³/mol. The van der Waals surface area contributed by atoms with Crippen LogP contribution in [0.15, 0.2) is 23.1 Å². The van der Waals surface area contributed by atoms with Gasteiger partial charge in [0.05, 0.1) is 9.82 Å². The molecule has 0 unspecified atom stereocenters. The Morgan fingerprint density at radius 1 is 1.45 bits per heavy atom. The molecule has 1 fully saturated rings. The van der Waals surface area contributed by atoms with Crippen molar-refractivity contribution in [3.8, 4) is 5.75 Å². The van der Waals surface area contributed by atoms with Crippen LogP contribution in [-0.2, 0) is 10.0 Å². The van der Waals surface area contributed by atoms with E-state index in [0.717, 1.165) is 25.0 Å². The summed E-state index contributed by atoms with van der Waals surface area (Å²) in [7, 11) is -3.76. The third-order valence-corrected chi connectivity index (χ3v) is 5.23. The number of phenolic OH excluding ortho intramolecular Hbond substituents is 1. The summed E-state index contributed by atoms with van der Waals surface area (Å²) < 4.78 is 26.2. The Labute approximate surface area is 117 Å². The van der Waals surface area contributed by atoms with E-state index >= 15 is 0 Å². The van der Waals surface area contributed by atoms with Gasteiger partial charge in [0.1, 0.15) is 0 Å². The van der Waals surface area contributed by atoms with Crippen molar-refractivity contribution >= 4 is 15.7 Å². The van der Waals surface area contributed by atoms with Crippen LogP contribution in [0.2, 0.25) is 0 Å². The smallest absolute Gasteiger partial charge is 0.312 e. The van der Waals surface area contributed by atoms with E-state index in [9.17, 15) is 23.6 Å². The van der Waals surface area contributed by atoms with Gasteiger partial charge >= 0.3 is 5.69 Å². The molecule has 7 nitrogen and oxygen atoms in total. The van der Waals surface area contributed by atoms with E-state index in [1.807, 2.05) is 0 Å². The fourth-order valence-corrected chi connectivity index (χ4v) is 3.49. The van der Waals surface area contributed by atoms with E-state index in [0.29, 0.717) is 19.0 Å². The van der Waals surface area contributed by atoms with Crippen molar-refractivity contribution in [2.45, 2.75) is 24.7 Å². The lowest BCUT2D eigenvalue weighted by Gasteiger charge is -2.20. The first-order chi connectivity index (χ1) is 9.36. The molecule has 0 atom stereocenters. The number of benzene rings is 1. The van der Waals surface area contributed by atoms with Gasteiger partial charge in [0.25, 0.3) is 0 Å². The topological polar surface area (TPSA) is 101 Å². The largest absolute Gasteiger partial charge is 0.502 e. The Morgan fingerprint density at radius 2 is 2.10 bits per heavy atom. The number of sulfonamides is 1. The van der Waals surface area contributed by atoms with Crippen LogP contribution in [0, 0.1) is 16.0 Å². The SMILES string of the molecule is CCN(CC1CC1)S(=O)(=O)c1ccc(O)c([N+](=O)[O-])c1. The molecule has 1 aliphatic carbocycles. The van der Waals surface area contributed by atoms with Crippen LogP contribution in [0.25, 0.3) is 0 Å². The fraction of sp³-hybridized carbons (Fsp3) is 0.500. The lowest BCUT2D eigenvalue weighted by atomic mass is 10.3. The second kappa shape index (κ2) is 5.37. The average molecular weight is 300 g/mol. The van der Waals surface area contributed by atoms with E-state index in [-0.39, 0.29) is 4.90 Å². The number of hydrogen-bond donors (Lipinski definition) is 1. The highest BCUT2D eigenvalue weighted by molar-refractivity contribution is 7.89. The maximum Gasteiger partial charge on any atom is 0.312 e. The average Bonchev–Trinajstić information content (AvgIpc) is 3.19. The predicted octanol–water partition coefficient (Wildman–Crippen LogP) is 1.72. The highest BCUT2D eigenvalue weighted by Crippen LogP contribution is 2.33. The first kappa shape index (κ1) is 14.7. The van der Waals surface area contributed by atoms with Crippen LogP contribution in [0.4, 0.5) is 5.69 Å². The summed E-state index contributed by atoms with van der Waals surface area (Å²) >= 11 is 0. The molecule has 0 spiro atoms. The van der Waals surface area contributed by atoms with E-state index in [1.165, 1.54) is 10.4 Å². The Bertz CT molecular complexity index is 625. The first-order valence-electron chi connectivity index (χ1n) is 6.33. The van der Waals surface area contributed by atoms with Crippen LogP contribution in [0.1, 0.15) is 19.8 Å². The van der Waals surface area contributed by atoms with Gasteiger partial charge in [-0.15, -0.1) is 0 Å². The van der Waals surface area contributed by atoms with Crippen LogP contribution in [0.3, 0.4) is 0 Å². The second-order valence-electron chi connectivity index (χ2n) is 4.81. The fourth-order valence-electron chi connectivity index (χ4n) is 1.94. The number of rotatable bonds is 6. The van der Waals surface area contributed by atoms with Crippen LogP contribution >= 0.6 is 0 Å². The van der Waals surface area contributed by atoms with E-state index in [1.54, 1.807) is 6.92 Å². The Kier molecular flexibility index (Phi) is 3.96. The molecule has 1 aromatic rings. The molecule has 8 heteroatoms. The molecule has 1 aromatic carbocycles. The highest BCUT2D eigenvalue weighted by atomic mass is 32.2. The molecule has 2 rings (SSSR count). The van der Waals surface area contributed by atoms with E-state index in [4.69, 9.17) is 0 Å². The zero-order valence-corrected chi connectivity index (χ0v) is 11.8. The van der Waals surface area contributed by atoms with Crippen molar-refractivity contribution in [2.24, 2.45) is 5.92 Å². The molecule has 0 saturated heterocycles. The minimum atomic E-state index is -3.76. The normalized spacial score (nSPS) is 15.5. The van der Waals surface area contributed by atoms with Gasteiger partial charge in [-0.05, 0) is 30.9 Å². The van der Waals surface area contributed by atoms with Crippen molar-refractivity contribution in [2.75, 3.05) is 13.1 Å². The summed E-state index contributed by atoms with van der Waals surface area (Å²) in [6.07, 6.45) is 2.03. The summed E-state index contributed by atoms with van der Waals surface area (Å²) in [4.78, 5) is 9.80. The molecule has 1 saturated carbocycles. The zero-order chi connectivity index (χ0) is 14.9. The van der Waals surface area contributed by atoms with Gasteiger partial charge < -0.3 is 5.11 Å². The van der Waals surface area contributed by atoms with Crippen molar-refractivity contribution in [3.63, 3.8) is 0 Å². The summed E-state index contributed by atoms with van der Waals surface area (Å²) in [5, 5.41) is 20.1. The quantitative estimate of drug-likeness (QED) is 0.636. The molecule has 1 N–H and O–H groups in total. The molecule has 0 radical (unpaired) electrons.